The Kier molecular flexibility index (Phi) is 5.50. The lowest BCUT2D eigenvalue weighted by molar-refractivity contribution is -0.150. The maximum Gasteiger partial charge on any atom is 0.310 e. The number of ether oxygens (including phenoxy) is 1. The van der Waals surface area contributed by atoms with Gasteiger partial charge in [0.1, 0.15) is 5.60 Å². The van der Waals surface area contributed by atoms with Crippen molar-refractivity contribution in [3.8, 4) is 0 Å². The van der Waals surface area contributed by atoms with Crippen molar-refractivity contribution in [3.63, 3.8) is 0 Å². The Hall–Kier alpha value is -1.43. The van der Waals surface area contributed by atoms with E-state index in [0.29, 0.717) is 11.7 Å². The van der Waals surface area contributed by atoms with E-state index >= 15 is 0 Å². The van der Waals surface area contributed by atoms with Crippen molar-refractivity contribution in [2.24, 2.45) is 11.3 Å². The largest absolute Gasteiger partial charge is 0.481 e. The third-order valence-corrected chi connectivity index (χ3v) is 4.69. The molecule has 6 heteroatoms. The van der Waals surface area contributed by atoms with Crippen LogP contribution in [-0.2, 0) is 21.6 Å². The van der Waals surface area contributed by atoms with Crippen LogP contribution in [0.5, 0.6) is 0 Å². The van der Waals surface area contributed by atoms with E-state index in [1.807, 2.05) is 27.7 Å². The highest BCUT2D eigenvalue weighted by Crippen LogP contribution is 2.34. The first-order valence-electron chi connectivity index (χ1n) is 7.37. The summed E-state index contributed by atoms with van der Waals surface area (Å²) in [5, 5.41) is 13.5. The van der Waals surface area contributed by atoms with Crippen LogP contribution in [0.3, 0.4) is 0 Å². The van der Waals surface area contributed by atoms with E-state index in [1.165, 1.54) is 0 Å². The normalized spacial score (nSPS) is 15.2. The third-order valence-electron chi connectivity index (χ3n) is 4.69. The van der Waals surface area contributed by atoms with Gasteiger partial charge in [-0.2, -0.15) is 4.98 Å². The summed E-state index contributed by atoms with van der Waals surface area (Å²) in [5.41, 5.74) is -1.50. The van der Waals surface area contributed by atoms with E-state index < -0.39 is 17.0 Å². The monoisotopic (exact) mass is 298 g/mol. The van der Waals surface area contributed by atoms with Crippen LogP contribution in [0, 0.1) is 11.3 Å². The fourth-order valence-corrected chi connectivity index (χ4v) is 2.30. The van der Waals surface area contributed by atoms with Crippen LogP contribution in [0.1, 0.15) is 59.2 Å². The lowest BCUT2D eigenvalue weighted by Crippen LogP contribution is -2.35. The minimum atomic E-state index is -0.933. The molecule has 0 aliphatic heterocycles. The highest BCUT2D eigenvalue weighted by Gasteiger charge is 2.40. The number of aliphatic carboxylic acids is 1. The molecule has 1 rings (SSSR count). The minimum absolute atomic E-state index is 0.0464. The van der Waals surface area contributed by atoms with E-state index in [2.05, 4.69) is 10.1 Å². The average molecular weight is 298 g/mol. The van der Waals surface area contributed by atoms with Gasteiger partial charge in [-0.15, -0.1) is 0 Å². The summed E-state index contributed by atoms with van der Waals surface area (Å²) in [7, 11) is 1.62. The molecule has 0 amide bonds. The molecule has 0 spiro atoms. The third kappa shape index (κ3) is 3.26. The average Bonchev–Trinajstić information content (AvgIpc) is 2.90. The van der Waals surface area contributed by atoms with Crippen molar-refractivity contribution in [1.29, 1.82) is 0 Å². The summed E-state index contributed by atoms with van der Waals surface area (Å²) in [6.45, 7) is 9.45. The predicted molar refractivity (Wildman–Crippen MR) is 77.9 cm³/mol. The van der Waals surface area contributed by atoms with Crippen LogP contribution < -0.4 is 0 Å². The van der Waals surface area contributed by atoms with Crippen molar-refractivity contribution in [3.05, 3.63) is 11.7 Å². The Bertz CT molecular complexity index is 472. The standard InChI is InChI=1S/C15H26N2O4/c1-7-15(8-2,20-6)12-16-11(21-17-12)9-14(5,10(3)4)13(18)19/h10H,7-9H2,1-6H3,(H,18,19). The minimum Gasteiger partial charge on any atom is -0.481 e. The molecule has 0 aromatic carbocycles. The predicted octanol–water partition coefficient (Wildman–Crippen LogP) is 3.02. The Morgan fingerprint density at radius 3 is 2.33 bits per heavy atom. The van der Waals surface area contributed by atoms with Gasteiger partial charge in [0.25, 0.3) is 0 Å². The highest BCUT2D eigenvalue weighted by atomic mass is 16.5. The zero-order valence-corrected chi connectivity index (χ0v) is 13.8. The van der Waals surface area contributed by atoms with Crippen molar-refractivity contribution >= 4 is 5.97 Å². The molecule has 21 heavy (non-hydrogen) atoms. The second-order valence-corrected chi connectivity index (χ2v) is 5.97. The Morgan fingerprint density at radius 1 is 1.38 bits per heavy atom. The quantitative estimate of drug-likeness (QED) is 0.794. The zero-order chi connectivity index (χ0) is 16.3. The molecule has 6 nitrogen and oxygen atoms in total. The SMILES string of the molecule is CCC(CC)(OC)c1noc(CC(C)(C(=O)O)C(C)C)n1. The number of nitrogens with zero attached hydrogens (tertiary/aromatic N) is 2. The molecule has 1 unspecified atom stereocenters. The van der Waals surface area contributed by atoms with E-state index in [4.69, 9.17) is 9.26 Å². The fraction of sp³-hybridized carbons (Fsp3) is 0.800. The first-order chi connectivity index (χ1) is 9.75. The van der Waals surface area contributed by atoms with Crippen LogP contribution >= 0.6 is 0 Å². The van der Waals surface area contributed by atoms with Gasteiger partial charge in [-0.25, -0.2) is 0 Å². The first kappa shape index (κ1) is 17.6. The molecular weight excluding hydrogens is 272 g/mol. The smallest absolute Gasteiger partial charge is 0.310 e. The van der Waals surface area contributed by atoms with Crippen LogP contribution in [-0.4, -0.2) is 28.3 Å². The molecule has 0 fully saturated rings. The van der Waals surface area contributed by atoms with E-state index in [-0.39, 0.29) is 12.3 Å². The van der Waals surface area contributed by atoms with Gasteiger partial charge < -0.3 is 14.4 Å². The van der Waals surface area contributed by atoms with Gasteiger partial charge in [0.05, 0.1) is 5.41 Å². The zero-order valence-electron chi connectivity index (χ0n) is 13.8. The molecule has 1 aromatic rings. The van der Waals surface area contributed by atoms with Gasteiger partial charge in [0.15, 0.2) is 0 Å². The van der Waals surface area contributed by atoms with Crippen molar-refractivity contribution < 1.29 is 19.2 Å². The second-order valence-electron chi connectivity index (χ2n) is 5.97. The summed E-state index contributed by atoms with van der Waals surface area (Å²) in [5.74, 6) is -0.0791. The molecular formula is C15H26N2O4. The number of aromatic nitrogens is 2. The number of carbonyl (C=O) groups is 1. The van der Waals surface area contributed by atoms with Crippen LogP contribution in [0.4, 0.5) is 0 Å². The Balaban J connectivity index is 3.06. The molecule has 1 aromatic heterocycles. The van der Waals surface area contributed by atoms with Gasteiger partial charge >= 0.3 is 5.97 Å². The molecule has 0 saturated heterocycles. The van der Waals surface area contributed by atoms with Crippen LogP contribution in [0.2, 0.25) is 0 Å². The van der Waals surface area contributed by atoms with Gasteiger partial charge in [0, 0.05) is 13.5 Å². The van der Waals surface area contributed by atoms with Gasteiger partial charge in [0.2, 0.25) is 11.7 Å². The summed E-state index contributed by atoms with van der Waals surface area (Å²) < 4.78 is 10.8. The molecule has 1 heterocycles. The fourth-order valence-electron chi connectivity index (χ4n) is 2.30. The van der Waals surface area contributed by atoms with Gasteiger partial charge in [-0.3, -0.25) is 4.79 Å². The van der Waals surface area contributed by atoms with Crippen molar-refractivity contribution in [1.82, 2.24) is 10.1 Å². The van der Waals surface area contributed by atoms with Gasteiger partial charge in [-0.05, 0) is 25.7 Å². The number of carboxylic acids is 1. The molecule has 1 N–H and O–H groups in total. The number of hydrogen-bond acceptors (Lipinski definition) is 5. The van der Waals surface area contributed by atoms with Crippen molar-refractivity contribution in [2.75, 3.05) is 7.11 Å². The Labute approximate surface area is 125 Å². The number of methoxy groups -OCH3 is 1. The summed E-state index contributed by atoms with van der Waals surface area (Å²) >= 11 is 0. The maximum atomic E-state index is 11.5. The van der Waals surface area contributed by atoms with E-state index in [0.717, 1.165) is 12.8 Å². The lowest BCUT2D eigenvalue weighted by Gasteiger charge is -2.27. The second kappa shape index (κ2) is 6.56. The van der Waals surface area contributed by atoms with Crippen LogP contribution in [0.15, 0.2) is 4.52 Å². The number of carboxylic acid groups (broad SMARTS) is 1. The topological polar surface area (TPSA) is 85.5 Å². The summed E-state index contributed by atoms with van der Waals surface area (Å²) in [6.07, 6.45) is 1.65. The summed E-state index contributed by atoms with van der Waals surface area (Å²) in [4.78, 5) is 15.9. The molecule has 0 saturated carbocycles. The molecule has 0 aliphatic rings. The molecule has 1 atom stereocenters. The first-order valence-corrected chi connectivity index (χ1v) is 7.37. The van der Waals surface area contributed by atoms with Crippen LogP contribution in [0.25, 0.3) is 0 Å². The molecule has 0 bridgehead atoms. The Morgan fingerprint density at radius 2 is 1.95 bits per heavy atom. The lowest BCUT2D eigenvalue weighted by atomic mass is 9.76. The highest BCUT2D eigenvalue weighted by molar-refractivity contribution is 5.74. The van der Waals surface area contributed by atoms with Gasteiger partial charge in [-0.1, -0.05) is 32.9 Å². The van der Waals surface area contributed by atoms with E-state index in [9.17, 15) is 9.90 Å². The maximum absolute atomic E-state index is 11.5. The summed E-state index contributed by atoms with van der Waals surface area (Å²) in [6, 6.07) is 0. The van der Waals surface area contributed by atoms with Crippen molar-refractivity contribution in [2.45, 2.75) is 59.5 Å². The van der Waals surface area contributed by atoms with E-state index in [1.54, 1.807) is 14.0 Å². The molecule has 0 aliphatic carbocycles. The number of hydrogen-bond donors (Lipinski definition) is 1. The molecule has 120 valence electrons. The number of rotatable bonds is 8. The molecule has 0 radical (unpaired) electrons.